The maximum atomic E-state index is 13.2. The summed E-state index contributed by atoms with van der Waals surface area (Å²) in [6, 6.07) is 5.81. The van der Waals surface area contributed by atoms with Crippen LogP contribution in [-0.4, -0.2) is 24.9 Å². The Morgan fingerprint density at radius 2 is 1.82 bits per heavy atom. The van der Waals surface area contributed by atoms with Gasteiger partial charge in [-0.25, -0.2) is 4.39 Å². The van der Waals surface area contributed by atoms with Crippen LogP contribution in [0.1, 0.15) is 23.7 Å². The predicted octanol–water partition coefficient (Wildman–Crippen LogP) is 1.08. The van der Waals surface area contributed by atoms with Crippen LogP contribution in [0.3, 0.4) is 0 Å². The van der Waals surface area contributed by atoms with Gasteiger partial charge in [-0.1, -0.05) is 12.1 Å². The number of rotatable bonds is 5. The second kappa shape index (κ2) is 6.62. The Bertz CT molecular complexity index is 407. The molecule has 0 aliphatic heterocycles. The summed E-state index contributed by atoms with van der Waals surface area (Å²) in [5.74, 6) is -1.08. The first-order chi connectivity index (χ1) is 8.11. The van der Waals surface area contributed by atoms with Crippen molar-refractivity contribution in [3.05, 3.63) is 35.6 Å². The second-order valence-corrected chi connectivity index (χ2v) is 3.57. The van der Waals surface area contributed by atoms with Crippen LogP contribution < -0.4 is 10.6 Å². The molecular formula is C12H15FN2O2. The summed E-state index contributed by atoms with van der Waals surface area (Å²) >= 11 is 0. The van der Waals surface area contributed by atoms with Crippen molar-refractivity contribution in [2.75, 3.05) is 13.1 Å². The molecule has 5 heteroatoms. The summed E-state index contributed by atoms with van der Waals surface area (Å²) in [6.45, 7) is 2.32. The topological polar surface area (TPSA) is 58.2 Å². The van der Waals surface area contributed by atoms with E-state index in [4.69, 9.17) is 0 Å². The zero-order valence-electron chi connectivity index (χ0n) is 9.63. The molecule has 2 amide bonds. The van der Waals surface area contributed by atoms with Gasteiger partial charge in [-0.05, 0) is 18.6 Å². The van der Waals surface area contributed by atoms with E-state index in [0.717, 1.165) is 0 Å². The molecule has 0 bridgehead atoms. The first-order valence-corrected chi connectivity index (χ1v) is 5.38. The highest BCUT2D eigenvalue weighted by atomic mass is 19.1. The fraction of sp³-hybridized carbons (Fsp3) is 0.333. The molecule has 0 aliphatic carbocycles. The average Bonchev–Trinajstić information content (AvgIpc) is 2.28. The van der Waals surface area contributed by atoms with Crippen molar-refractivity contribution < 1.29 is 14.0 Å². The third-order valence-electron chi connectivity index (χ3n) is 2.13. The van der Waals surface area contributed by atoms with Crippen molar-refractivity contribution in [3.8, 4) is 0 Å². The molecule has 4 nitrogen and oxygen atoms in total. The Hall–Kier alpha value is -1.91. The van der Waals surface area contributed by atoms with E-state index in [2.05, 4.69) is 10.6 Å². The van der Waals surface area contributed by atoms with Gasteiger partial charge in [-0.2, -0.15) is 0 Å². The van der Waals surface area contributed by atoms with Crippen molar-refractivity contribution in [2.24, 2.45) is 0 Å². The smallest absolute Gasteiger partial charge is 0.254 e. The highest BCUT2D eigenvalue weighted by Gasteiger charge is 2.09. The Morgan fingerprint density at radius 1 is 1.18 bits per heavy atom. The van der Waals surface area contributed by atoms with E-state index in [1.54, 1.807) is 6.07 Å². The molecule has 0 heterocycles. The van der Waals surface area contributed by atoms with Gasteiger partial charge in [0.2, 0.25) is 5.91 Å². The molecule has 0 saturated carbocycles. The van der Waals surface area contributed by atoms with Gasteiger partial charge in [-0.15, -0.1) is 0 Å². The average molecular weight is 238 g/mol. The Kier molecular flexibility index (Phi) is 5.13. The largest absolute Gasteiger partial charge is 0.356 e. The van der Waals surface area contributed by atoms with E-state index in [-0.39, 0.29) is 11.5 Å². The summed E-state index contributed by atoms with van der Waals surface area (Å²) < 4.78 is 13.2. The summed E-state index contributed by atoms with van der Waals surface area (Å²) in [6.07, 6.45) is 0.611. The molecule has 1 rings (SSSR count). The lowest BCUT2D eigenvalue weighted by Gasteiger charge is -2.06. The SMILES string of the molecule is CC(=O)NCCCNC(=O)c1ccccc1F. The molecule has 0 saturated heterocycles. The van der Waals surface area contributed by atoms with Crippen molar-refractivity contribution in [2.45, 2.75) is 13.3 Å². The molecule has 0 unspecified atom stereocenters. The monoisotopic (exact) mass is 238 g/mol. The number of benzene rings is 1. The number of amides is 2. The molecule has 0 aliphatic rings. The maximum absolute atomic E-state index is 13.2. The van der Waals surface area contributed by atoms with Gasteiger partial charge < -0.3 is 10.6 Å². The number of hydrogen-bond donors (Lipinski definition) is 2. The lowest BCUT2D eigenvalue weighted by molar-refractivity contribution is -0.118. The summed E-state index contributed by atoms with van der Waals surface area (Å²) in [5.41, 5.74) is 0.0343. The molecular weight excluding hydrogens is 223 g/mol. The van der Waals surface area contributed by atoms with Crippen molar-refractivity contribution in [1.82, 2.24) is 10.6 Å². The quantitative estimate of drug-likeness (QED) is 0.754. The van der Waals surface area contributed by atoms with E-state index in [0.29, 0.717) is 19.5 Å². The molecule has 0 atom stereocenters. The van der Waals surface area contributed by atoms with Gasteiger partial charge in [0.25, 0.3) is 5.91 Å². The minimum atomic E-state index is -0.535. The molecule has 0 radical (unpaired) electrons. The van der Waals surface area contributed by atoms with Crippen LogP contribution in [0.4, 0.5) is 4.39 Å². The second-order valence-electron chi connectivity index (χ2n) is 3.57. The number of carbonyl (C=O) groups is 2. The number of hydrogen-bond acceptors (Lipinski definition) is 2. The van der Waals surface area contributed by atoms with Crippen LogP contribution in [0, 0.1) is 5.82 Å². The van der Waals surface area contributed by atoms with Gasteiger partial charge in [0.05, 0.1) is 5.56 Å². The van der Waals surface area contributed by atoms with E-state index in [9.17, 15) is 14.0 Å². The van der Waals surface area contributed by atoms with Gasteiger partial charge in [0, 0.05) is 20.0 Å². The fourth-order valence-electron chi connectivity index (χ4n) is 1.30. The van der Waals surface area contributed by atoms with E-state index < -0.39 is 11.7 Å². The third-order valence-corrected chi connectivity index (χ3v) is 2.13. The van der Waals surface area contributed by atoms with Crippen molar-refractivity contribution >= 4 is 11.8 Å². The predicted molar refractivity (Wildman–Crippen MR) is 62.0 cm³/mol. The molecule has 0 fully saturated rings. The van der Waals surface area contributed by atoms with Crippen LogP contribution in [0.15, 0.2) is 24.3 Å². The Balaban J connectivity index is 2.31. The lowest BCUT2D eigenvalue weighted by Crippen LogP contribution is -2.29. The van der Waals surface area contributed by atoms with E-state index >= 15 is 0 Å². The first kappa shape index (κ1) is 13.2. The summed E-state index contributed by atoms with van der Waals surface area (Å²) in [4.78, 5) is 22.1. The zero-order chi connectivity index (χ0) is 12.7. The highest BCUT2D eigenvalue weighted by Crippen LogP contribution is 2.05. The minimum Gasteiger partial charge on any atom is -0.356 e. The molecule has 2 N–H and O–H groups in total. The molecule has 0 aromatic heterocycles. The van der Waals surface area contributed by atoms with Crippen LogP contribution in [-0.2, 0) is 4.79 Å². The van der Waals surface area contributed by atoms with Gasteiger partial charge >= 0.3 is 0 Å². The summed E-state index contributed by atoms with van der Waals surface area (Å²) in [5, 5.41) is 5.19. The highest BCUT2D eigenvalue weighted by molar-refractivity contribution is 5.94. The number of nitrogens with one attached hydrogen (secondary N) is 2. The molecule has 92 valence electrons. The Labute approximate surface area is 99.2 Å². The van der Waals surface area contributed by atoms with Crippen LogP contribution in [0.2, 0.25) is 0 Å². The third kappa shape index (κ3) is 4.63. The lowest BCUT2D eigenvalue weighted by atomic mass is 10.2. The Morgan fingerprint density at radius 3 is 2.47 bits per heavy atom. The van der Waals surface area contributed by atoms with Gasteiger partial charge in [0.1, 0.15) is 5.82 Å². The fourth-order valence-corrected chi connectivity index (χ4v) is 1.30. The van der Waals surface area contributed by atoms with E-state index in [1.165, 1.54) is 25.1 Å². The van der Waals surface area contributed by atoms with Crippen LogP contribution in [0.25, 0.3) is 0 Å². The van der Waals surface area contributed by atoms with Crippen LogP contribution in [0.5, 0.6) is 0 Å². The molecule has 1 aromatic rings. The van der Waals surface area contributed by atoms with Crippen molar-refractivity contribution in [3.63, 3.8) is 0 Å². The van der Waals surface area contributed by atoms with E-state index in [1.807, 2.05) is 0 Å². The molecule has 0 spiro atoms. The van der Waals surface area contributed by atoms with Gasteiger partial charge in [0.15, 0.2) is 0 Å². The number of halogens is 1. The molecule has 17 heavy (non-hydrogen) atoms. The van der Waals surface area contributed by atoms with Crippen molar-refractivity contribution in [1.29, 1.82) is 0 Å². The number of carbonyl (C=O) groups excluding carboxylic acids is 2. The van der Waals surface area contributed by atoms with Gasteiger partial charge in [-0.3, -0.25) is 9.59 Å². The zero-order valence-corrected chi connectivity index (χ0v) is 9.63. The molecule has 1 aromatic carbocycles. The van der Waals surface area contributed by atoms with Crippen LogP contribution >= 0.6 is 0 Å². The first-order valence-electron chi connectivity index (χ1n) is 5.38. The maximum Gasteiger partial charge on any atom is 0.254 e. The standard InChI is InChI=1S/C12H15FN2O2/c1-9(16)14-7-4-8-15-12(17)10-5-2-3-6-11(10)13/h2-3,5-6H,4,7-8H2,1H3,(H,14,16)(H,15,17). The minimum absolute atomic E-state index is 0.0343. The normalized spacial score (nSPS) is 9.76. The summed E-state index contributed by atoms with van der Waals surface area (Å²) in [7, 11) is 0.